The SMILES string of the molecule is CN(CCOc1ccccc1)C(=O)Nc1nccs1. The van der Waals surface area contributed by atoms with Crippen LogP contribution in [0.15, 0.2) is 41.9 Å². The summed E-state index contributed by atoms with van der Waals surface area (Å²) in [5, 5.41) is 5.12. The fourth-order valence-electron chi connectivity index (χ4n) is 1.39. The number of nitrogens with one attached hydrogen (secondary N) is 1. The Hall–Kier alpha value is -2.08. The van der Waals surface area contributed by atoms with Crippen molar-refractivity contribution >= 4 is 22.5 Å². The number of benzene rings is 1. The molecule has 1 heterocycles. The van der Waals surface area contributed by atoms with Gasteiger partial charge in [-0.05, 0) is 12.1 Å². The molecule has 0 bridgehead atoms. The molecule has 0 atom stereocenters. The minimum Gasteiger partial charge on any atom is -0.492 e. The number of urea groups is 1. The first-order valence-electron chi connectivity index (χ1n) is 5.85. The van der Waals surface area contributed by atoms with Crippen molar-refractivity contribution in [2.75, 3.05) is 25.5 Å². The van der Waals surface area contributed by atoms with Crippen molar-refractivity contribution < 1.29 is 9.53 Å². The topological polar surface area (TPSA) is 54.5 Å². The van der Waals surface area contributed by atoms with Gasteiger partial charge >= 0.3 is 6.03 Å². The molecule has 6 heteroatoms. The van der Waals surface area contributed by atoms with Gasteiger partial charge in [-0.2, -0.15) is 0 Å². The molecule has 0 aliphatic carbocycles. The number of nitrogens with zero attached hydrogens (tertiary/aromatic N) is 2. The van der Waals surface area contributed by atoms with Crippen LogP contribution in [0.2, 0.25) is 0 Å². The number of amides is 2. The number of anilines is 1. The van der Waals surface area contributed by atoms with Crippen LogP contribution in [0.4, 0.5) is 9.93 Å². The van der Waals surface area contributed by atoms with Gasteiger partial charge in [-0.25, -0.2) is 9.78 Å². The summed E-state index contributed by atoms with van der Waals surface area (Å²) in [4.78, 5) is 17.3. The molecule has 0 aliphatic rings. The van der Waals surface area contributed by atoms with Gasteiger partial charge in [-0.1, -0.05) is 18.2 Å². The van der Waals surface area contributed by atoms with E-state index in [1.807, 2.05) is 35.7 Å². The third kappa shape index (κ3) is 4.26. The summed E-state index contributed by atoms with van der Waals surface area (Å²) >= 11 is 1.39. The highest BCUT2D eigenvalue weighted by molar-refractivity contribution is 7.13. The Balaban J connectivity index is 1.72. The molecule has 1 aromatic heterocycles. The number of ether oxygens (including phenoxy) is 1. The second kappa shape index (κ2) is 6.75. The standard InChI is InChI=1S/C13H15N3O2S/c1-16(13(17)15-12-14-7-10-19-12)8-9-18-11-5-3-2-4-6-11/h2-7,10H,8-9H2,1H3,(H,14,15,17). The van der Waals surface area contributed by atoms with E-state index in [0.29, 0.717) is 18.3 Å². The minimum absolute atomic E-state index is 0.188. The fraction of sp³-hybridized carbons (Fsp3) is 0.231. The van der Waals surface area contributed by atoms with E-state index in [9.17, 15) is 4.79 Å². The molecular formula is C13H15N3O2S. The Bertz CT molecular complexity index is 502. The Morgan fingerprint density at radius 1 is 1.42 bits per heavy atom. The zero-order chi connectivity index (χ0) is 13.5. The van der Waals surface area contributed by atoms with Crippen LogP contribution in [0.5, 0.6) is 5.75 Å². The van der Waals surface area contributed by atoms with E-state index in [1.54, 1.807) is 18.1 Å². The van der Waals surface area contributed by atoms with Crippen molar-refractivity contribution in [3.63, 3.8) is 0 Å². The van der Waals surface area contributed by atoms with E-state index in [1.165, 1.54) is 11.3 Å². The molecule has 19 heavy (non-hydrogen) atoms. The molecule has 2 aromatic rings. The Kier molecular flexibility index (Phi) is 4.74. The van der Waals surface area contributed by atoms with Crippen molar-refractivity contribution in [3.8, 4) is 5.75 Å². The first kappa shape index (κ1) is 13.4. The number of carbonyl (C=O) groups excluding carboxylic acids is 1. The number of thiazole rings is 1. The summed E-state index contributed by atoms with van der Waals surface area (Å²) in [7, 11) is 1.72. The van der Waals surface area contributed by atoms with E-state index in [0.717, 1.165) is 5.75 Å². The van der Waals surface area contributed by atoms with Crippen LogP contribution in [-0.4, -0.2) is 36.1 Å². The zero-order valence-electron chi connectivity index (χ0n) is 10.6. The molecule has 1 aromatic carbocycles. The molecule has 0 spiro atoms. The fourth-order valence-corrected chi connectivity index (χ4v) is 1.91. The summed E-state index contributed by atoms with van der Waals surface area (Å²) in [5.74, 6) is 0.802. The predicted octanol–water partition coefficient (Wildman–Crippen LogP) is 2.69. The molecule has 5 nitrogen and oxygen atoms in total. The lowest BCUT2D eigenvalue weighted by molar-refractivity contribution is 0.207. The smallest absolute Gasteiger partial charge is 0.323 e. The van der Waals surface area contributed by atoms with Gasteiger partial charge in [0, 0.05) is 18.6 Å². The third-order valence-corrected chi connectivity index (χ3v) is 3.12. The van der Waals surface area contributed by atoms with Crippen LogP contribution in [0, 0.1) is 0 Å². The molecule has 0 fully saturated rings. The third-order valence-electron chi connectivity index (χ3n) is 2.43. The van der Waals surface area contributed by atoms with E-state index >= 15 is 0 Å². The average Bonchev–Trinajstić information content (AvgIpc) is 2.92. The summed E-state index contributed by atoms with van der Waals surface area (Å²) in [5.41, 5.74) is 0. The van der Waals surface area contributed by atoms with Crippen molar-refractivity contribution in [2.24, 2.45) is 0 Å². The van der Waals surface area contributed by atoms with Crippen molar-refractivity contribution in [1.82, 2.24) is 9.88 Å². The number of para-hydroxylation sites is 1. The lowest BCUT2D eigenvalue weighted by Crippen LogP contribution is -2.34. The average molecular weight is 277 g/mol. The van der Waals surface area contributed by atoms with Crippen molar-refractivity contribution in [2.45, 2.75) is 0 Å². The quantitative estimate of drug-likeness (QED) is 0.914. The van der Waals surface area contributed by atoms with Crippen molar-refractivity contribution in [1.29, 1.82) is 0 Å². The van der Waals surface area contributed by atoms with Gasteiger partial charge in [0.15, 0.2) is 5.13 Å². The van der Waals surface area contributed by atoms with Crippen LogP contribution < -0.4 is 10.1 Å². The lowest BCUT2D eigenvalue weighted by atomic mass is 10.3. The first-order chi connectivity index (χ1) is 9.25. The number of rotatable bonds is 5. The van der Waals surface area contributed by atoms with E-state index < -0.39 is 0 Å². The number of carbonyl (C=O) groups is 1. The lowest BCUT2D eigenvalue weighted by Gasteiger charge is -2.17. The number of hydrogen-bond acceptors (Lipinski definition) is 4. The van der Waals surface area contributed by atoms with E-state index in [4.69, 9.17) is 4.74 Å². The van der Waals surface area contributed by atoms with E-state index in [2.05, 4.69) is 10.3 Å². The number of likely N-dealkylation sites (N-methyl/N-ethyl adjacent to an activating group) is 1. The summed E-state index contributed by atoms with van der Waals surface area (Å²) < 4.78 is 5.53. The molecule has 0 saturated carbocycles. The Morgan fingerprint density at radius 3 is 2.89 bits per heavy atom. The highest BCUT2D eigenvalue weighted by atomic mass is 32.1. The van der Waals surface area contributed by atoms with Gasteiger partial charge in [-0.3, -0.25) is 5.32 Å². The van der Waals surface area contributed by atoms with E-state index in [-0.39, 0.29) is 6.03 Å². The van der Waals surface area contributed by atoms with Gasteiger partial charge in [0.05, 0.1) is 6.54 Å². The summed E-state index contributed by atoms with van der Waals surface area (Å²) in [6.45, 7) is 0.956. The van der Waals surface area contributed by atoms with Gasteiger partial charge in [0.2, 0.25) is 0 Å². The minimum atomic E-state index is -0.188. The normalized spacial score (nSPS) is 9.95. The predicted molar refractivity (Wildman–Crippen MR) is 75.7 cm³/mol. The second-order valence-corrected chi connectivity index (χ2v) is 4.75. The van der Waals surface area contributed by atoms with Gasteiger partial charge in [0.25, 0.3) is 0 Å². The highest BCUT2D eigenvalue weighted by Crippen LogP contribution is 2.11. The number of aromatic nitrogens is 1. The van der Waals surface area contributed by atoms with Crippen LogP contribution in [0.25, 0.3) is 0 Å². The summed E-state index contributed by atoms with van der Waals surface area (Å²) in [6.07, 6.45) is 1.65. The maximum absolute atomic E-state index is 11.8. The molecule has 100 valence electrons. The van der Waals surface area contributed by atoms with Crippen LogP contribution in [0.3, 0.4) is 0 Å². The molecule has 0 aliphatic heterocycles. The molecule has 2 rings (SSSR count). The monoisotopic (exact) mass is 277 g/mol. The Morgan fingerprint density at radius 2 is 2.21 bits per heavy atom. The Labute approximate surface area is 115 Å². The second-order valence-electron chi connectivity index (χ2n) is 3.85. The maximum Gasteiger partial charge on any atom is 0.323 e. The molecule has 0 saturated heterocycles. The van der Waals surface area contributed by atoms with Crippen molar-refractivity contribution in [3.05, 3.63) is 41.9 Å². The largest absolute Gasteiger partial charge is 0.492 e. The molecular weight excluding hydrogens is 262 g/mol. The highest BCUT2D eigenvalue weighted by Gasteiger charge is 2.09. The molecule has 2 amide bonds. The maximum atomic E-state index is 11.8. The molecule has 0 unspecified atom stereocenters. The van der Waals surface area contributed by atoms with Crippen LogP contribution in [-0.2, 0) is 0 Å². The van der Waals surface area contributed by atoms with Gasteiger partial charge in [0.1, 0.15) is 12.4 Å². The summed E-state index contributed by atoms with van der Waals surface area (Å²) in [6, 6.07) is 9.33. The van der Waals surface area contributed by atoms with Gasteiger partial charge < -0.3 is 9.64 Å². The first-order valence-corrected chi connectivity index (χ1v) is 6.73. The zero-order valence-corrected chi connectivity index (χ0v) is 11.4. The van der Waals surface area contributed by atoms with Crippen LogP contribution in [0.1, 0.15) is 0 Å². The molecule has 1 N–H and O–H groups in total. The van der Waals surface area contributed by atoms with Gasteiger partial charge in [-0.15, -0.1) is 11.3 Å². The van der Waals surface area contributed by atoms with Crippen LogP contribution >= 0.6 is 11.3 Å². The number of hydrogen-bond donors (Lipinski definition) is 1. The molecule has 0 radical (unpaired) electrons.